The van der Waals surface area contributed by atoms with E-state index in [1.807, 2.05) is 19.1 Å². The maximum atomic E-state index is 12.6. The molecule has 0 saturated heterocycles. The molecule has 9 heteroatoms. The summed E-state index contributed by atoms with van der Waals surface area (Å²) < 4.78 is 39.0. The first-order valence-corrected chi connectivity index (χ1v) is 8.64. The summed E-state index contributed by atoms with van der Waals surface area (Å²) >= 11 is 0. The van der Waals surface area contributed by atoms with Crippen LogP contribution in [0.5, 0.6) is 0 Å². The lowest BCUT2D eigenvalue weighted by Gasteiger charge is -2.17. The number of nitrogens with one attached hydrogen (secondary N) is 2. The zero-order valence-electron chi connectivity index (χ0n) is 15.2. The molecule has 0 aliphatic carbocycles. The molecule has 1 aromatic carbocycles. The van der Waals surface area contributed by atoms with Gasteiger partial charge in [-0.2, -0.15) is 18.3 Å². The molecule has 0 fully saturated rings. The number of carbonyl (C=O) groups is 1. The van der Waals surface area contributed by atoms with Gasteiger partial charge < -0.3 is 5.41 Å². The Balaban J connectivity index is 2.00. The fourth-order valence-electron chi connectivity index (χ4n) is 2.78. The number of benzene rings is 1. The van der Waals surface area contributed by atoms with Crippen molar-refractivity contribution in [1.82, 2.24) is 15.3 Å². The largest absolute Gasteiger partial charge is 0.435 e. The number of hydroxylamine groups is 1. The quantitative estimate of drug-likeness (QED) is 0.273. The lowest BCUT2D eigenvalue weighted by molar-refractivity contribution is -0.141. The molecular weight excluding hydrogens is 373 g/mol. The number of carbonyl (C=O) groups excluding carboxylic acids is 1. The second-order valence-corrected chi connectivity index (χ2v) is 6.17. The van der Waals surface area contributed by atoms with Crippen molar-refractivity contribution in [1.29, 1.82) is 5.41 Å². The number of halogens is 3. The van der Waals surface area contributed by atoms with E-state index in [2.05, 4.69) is 5.10 Å². The highest BCUT2D eigenvalue weighted by Gasteiger charge is 2.33. The maximum Gasteiger partial charge on any atom is 0.435 e. The van der Waals surface area contributed by atoms with Gasteiger partial charge in [-0.15, -0.1) is 0 Å². The van der Waals surface area contributed by atoms with Crippen molar-refractivity contribution < 1.29 is 23.2 Å². The van der Waals surface area contributed by atoms with Gasteiger partial charge in [0.15, 0.2) is 5.69 Å². The van der Waals surface area contributed by atoms with E-state index in [9.17, 15) is 18.0 Å². The number of hydrogen-bond acceptors (Lipinski definition) is 4. The second-order valence-electron chi connectivity index (χ2n) is 6.17. The van der Waals surface area contributed by atoms with Crippen LogP contribution in [0.25, 0.3) is 6.08 Å². The summed E-state index contributed by atoms with van der Waals surface area (Å²) in [6, 6.07) is 8.18. The SMILES string of the molecule is CC[C@H](C(=N)CCn1ccc(C(F)(F)F)n1)c1ccc(/C=C/C(=O)NO)cc1. The Labute approximate surface area is 160 Å². The summed E-state index contributed by atoms with van der Waals surface area (Å²) in [7, 11) is 0. The Hall–Kier alpha value is -2.94. The van der Waals surface area contributed by atoms with Crippen LogP contribution in [-0.2, 0) is 17.5 Å². The lowest BCUT2D eigenvalue weighted by atomic mass is 9.89. The number of aromatic nitrogens is 2. The third-order valence-electron chi connectivity index (χ3n) is 4.25. The van der Waals surface area contributed by atoms with E-state index >= 15 is 0 Å². The molecule has 3 N–H and O–H groups in total. The summed E-state index contributed by atoms with van der Waals surface area (Å²) in [5, 5.41) is 20.3. The van der Waals surface area contributed by atoms with Gasteiger partial charge in [0.1, 0.15) is 0 Å². The molecule has 2 aromatic rings. The monoisotopic (exact) mass is 394 g/mol. The average molecular weight is 394 g/mol. The van der Waals surface area contributed by atoms with Crippen LogP contribution in [-0.4, -0.2) is 26.6 Å². The number of hydrogen-bond donors (Lipinski definition) is 3. The average Bonchev–Trinajstić information content (AvgIpc) is 3.15. The van der Waals surface area contributed by atoms with Crippen LogP contribution in [0.15, 0.2) is 42.6 Å². The van der Waals surface area contributed by atoms with Gasteiger partial charge in [0.05, 0.1) is 0 Å². The van der Waals surface area contributed by atoms with Gasteiger partial charge in [-0.1, -0.05) is 31.2 Å². The Morgan fingerprint density at radius 3 is 2.54 bits per heavy atom. The molecule has 150 valence electrons. The molecule has 0 unspecified atom stereocenters. The molecule has 6 nitrogen and oxygen atoms in total. The minimum absolute atomic E-state index is 0.156. The highest BCUT2D eigenvalue weighted by atomic mass is 19.4. The molecule has 1 aromatic heterocycles. The normalized spacial score (nSPS) is 12.9. The number of nitrogens with zero attached hydrogens (tertiary/aromatic N) is 2. The molecule has 28 heavy (non-hydrogen) atoms. The van der Waals surface area contributed by atoms with Crippen LogP contribution in [0.3, 0.4) is 0 Å². The van der Waals surface area contributed by atoms with Crippen molar-refractivity contribution in [2.45, 2.75) is 38.4 Å². The van der Waals surface area contributed by atoms with Gasteiger partial charge in [0.25, 0.3) is 5.91 Å². The summed E-state index contributed by atoms with van der Waals surface area (Å²) in [5.41, 5.74) is 2.64. The molecule has 0 spiro atoms. The van der Waals surface area contributed by atoms with Gasteiger partial charge in [-0.05, 0) is 29.7 Å². The summed E-state index contributed by atoms with van der Waals surface area (Å²) in [6.07, 6.45) is 0.480. The number of alkyl halides is 3. The van der Waals surface area contributed by atoms with E-state index in [1.54, 1.807) is 12.1 Å². The Morgan fingerprint density at radius 2 is 2.00 bits per heavy atom. The van der Waals surface area contributed by atoms with Crippen molar-refractivity contribution in [2.75, 3.05) is 0 Å². The molecule has 0 saturated carbocycles. The Kier molecular flexibility index (Phi) is 7.11. The van der Waals surface area contributed by atoms with Crippen molar-refractivity contribution >= 4 is 17.7 Å². The lowest BCUT2D eigenvalue weighted by Crippen LogP contribution is -2.15. The molecule has 0 radical (unpaired) electrons. The molecule has 0 aliphatic rings. The second kappa shape index (κ2) is 9.32. The fourth-order valence-corrected chi connectivity index (χ4v) is 2.78. The zero-order valence-corrected chi connectivity index (χ0v) is 15.2. The van der Waals surface area contributed by atoms with Crippen LogP contribution < -0.4 is 5.48 Å². The smallest absolute Gasteiger partial charge is 0.309 e. The fraction of sp³-hybridized carbons (Fsp3) is 0.316. The molecule has 1 atom stereocenters. The first-order valence-electron chi connectivity index (χ1n) is 8.64. The number of aryl methyl sites for hydroxylation is 1. The van der Waals surface area contributed by atoms with Gasteiger partial charge in [-0.25, -0.2) is 5.48 Å². The number of rotatable bonds is 8. The highest BCUT2D eigenvalue weighted by molar-refractivity contribution is 5.91. The molecule has 2 rings (SSSR count). The third kappa shape index (κ3) is 5.78. The third-order valence-corrected chi connectivity index (χ3v) is 4.25. The highest BCUT2D eigenvalue weighted by Crippen LogP contribution is 2.27. The minimum Gasteiger partial charge on any atom is -0.309 e. The molecular formula is C19H21F3N4O2. The summed E-state index contributed by atoms with van der Waals surface area (Å²) in [5.74, 6) is -0.791. The van der Waals surface area contributed by atoms with Gasteiger partial charge >= 0.3 is 6.18 Å². The van der Waals surface area contributed by atoms with Crippen molar-refractivity contribution in [3.63, 3.8) is 0 Å². The van der Waals surface area contributed by atoms with E-state index in [1.165, 1.54) is 28.5 Å². The van der Waals surface area contributed by atoms with Crippen LogP contribution in [0.4, 0.5) is 13.2 Å². The van der Waals surface area contributed by atoms with Crippen molar-refractivity contribution in [3.8, 4) is 0 Å². The van der Waals surface area contributed by atoms with E-state index < -0.39 is 17.8 Å². The Bertz CT molecular complexity index is 842. The molecule has 1 heterocycles. The topological polar surface area (TPSA) is 91.0 Å². The summed E-state index contributed by atoms with van der Waals surface area (Å²) in [6.45, 7) is 2.14. The zero-order chi connectivity index (χ0) is 20.7. The Morgan fingerprint density at radius 1 is 1.32 bits per heavy atom. The standard InChI is InChI=1S/C19H21F3N4O2/c1-2-15(14-6-3-13(4-7-14)5-8-18(27)25-28)16(23)9-11-26-12-10-17(24-26)19(20,21)22/h3-8,10,12,15,23,28H,2,9,11H2,1H3,(H,25,27)/b8-5+,23-16?/t15-/m0/s1. The van der Waals surface area contributed by atoms with Gasteiger partial charge in [0, 0.05) is 36.9 Å². The van der Waals surface area contributed by atoms with Crippen molar-refractivity contribution in [2.24, 2.45) is 0 Å². The minimum atomic E-state index is -4.47. The first-order chi connectivity index (χ1) is 13.2. The van der Waals surface area contributed by atoms with Crippen LogP contribution in [0.1, 0.15) is 42.5 Å². The first kappa shape index (κ1) is 21.4. The van der Waals surface area contributed by atoms with E-state index in [4.69, 9.17) is 10.6 Å². The maximum absolute atomic E-state index is 12.6. The molecule has 0 aliphatic heterocycles. The van der Waals surface area contributed by atoms with Gasteiger partial charge in [0.2, 0.25) is 0 Å². The predicted octanol–water partition coefficient (Wildman–Crippen LogP) is 4.02. The molecule has 1 amide bonds. The number of amides is 1. The van der Waals surface area contributed by atoms with Crippen LogP contribution in [0, 0.1) is 5.41 Å². The molecule has 0 bridgehead atoms. The van der Waals surface area contributed by atoms with Crippen LogP contribution in [0.2, 0.25) is 0 Å². The van der Waals surface area contributed by atoms with E-state index in [0.717, 1.165) is 17.2 Å². The van der Waals surface area contributed by atoms with E-state index in [0.29, 0.717) is 12.1 Å². The van der Waals surface area contributed by atoms with Crippen molar-refractivity contribution in [3.05, 3.63) is 59.4 Å². The summed E-state index contributed by atoms with van der Waals surface area (Å²) in [4.78, 5) is 11.0. The predicted molar refractivity (Wildman–Crippen MR) is 98.0 cm³/mol. The van der Waals surface area contributed by atoms with Gasteiger partial charge in [-0.3, -0.25) is 14.7 Å². The van der Waals surface area contributed by atoms with Crippen LogP contribution >= 0.6 is 0 Å². The van der Waals surface area contributed by atoms with E-state index in [-0.39, 0.29) is 18.9 Å².